The van der Waals surface area contributed by atoms with Crippen molar-refractivity contribution in [3.8, 4) is 11.5 Å². The molecule has 110 valence electrons. The van der Waals surface area contributed by atoms with Gasteiger partial charge in [-0.15, -0.1) is 4.89 Å². The molecular formula is C15H13ClO5. The molecule has 1 atom stereocenters. The van der Waals surface area contributed by atoms with Crippen molar-refractivity contribution in [2.45, 2.75) is 13.2 Å². The van der Waals surface area contributed by atoms with Gasteiger partial charge in [0.05, 0.1) is 5.02 Å². The molecule has 1 unspecified atom stereocenters. The van der Waals surface area contributed by atoms with Crippen LogP contribution in [0.25, 0.3) is 0 Å². The Kier molecular flexibility index (Phi) is 5.03. The zero-order chi connectivity index (χ0) is 15.2. The monoisotopic (exact) mass is 308 g/mol. The van der Waals surface area contributed by atoms with Gasteiger partial charge in [-0.25, -0.2) is 4.79 Å². The fraction of sp³-hybridized carbons (Fsp3) is 0.133. The number of ether oxygens (including phenoxy) is 1. The molecule has 0 aromatic heterocycles. The van der Waals surface area contributed by atoms with Crippen LogP contribution in [-0.4, -0.2) is 17.4 Å². The maximum atomic E-state index is 11.0. The third-order valence-corrected chi connectivity index (χ3v) is 2.83. The van der Waals surface area contributed by atoms with Gasteiger partial charge in [-0.3, -0.25) is 0 Å². The third-order valence-electron chi connectivity index (χ3n) is 2.52. The Morgan fingerprint density at radius 2 is 1.71 bits per heavy atom. The van der Waals surface area contributed by atoms with Crippen molar-refractivity contribution in [1.29, 1.82) is 0 Å². The Balaban J connectivity index is 1.97. The number of hydrogen-bond donors (Lipinski definition) is 1. The van der Waals surface area contributed by atoms with Gasteiger partial charge in [-0.05, 0) is 24.3 Å². The molecule has 0 aliphatic rings. The standard InChI is InChI=1S/C15H13ClO5/c1-10(19-14-9-5-3-7-12(14)16)20-21-13-8-4-2-6-11(13)15(17)18/h2-10H,1H3,(H,17,18). The van der Waals surface area contributed by atoms with Crippen molar-refractivity contribution in [3.05, 3.63) is 59.1 Å². The molecule has 0 saturated heterocycles. The van der Waals surface area contributed by atoms with E-state index in [9.17, 15) is 4.79 Å². The van der Waals surface area contributed by atoms with Gasteiger partial charge in [-0.2, -0.15) is 0 Å². The molecule has 1 N–H and O–H groups in total. The number of rotatable bonds is 6. The van der Waals surface area contributed by atoms with Gasteiger partial charge in [0, 0.05) is 6.92 Å². The Hall–Kier alpha value is -2.24. The summed E-state index contributed by atoms with van der Waals surface area (Å²) in [5.41, 5.74) is 0.00226. The van der Waals surface area contributed by atoms with Gasteiger partial charge in [0.15, 0.2) is 5.75 Å². The topological polar surface area (TPSA) is 65.0 Å². The van der Waals surface area contributed by atoms with Crippen molar-refractivity contribution in [1.82, 2.24) is 0 Å². The molecule has 2 aromatic carbocycles. The van der Waals surface area contributed by atoms with E-state index in [-0.39, 0.29) is 11.3 Å². The van der Waals surface area contributed by atoms with Crippen LogP contribution in [0.5, 0.6) is 11.5 Å². The second-order valence-electron chi connectivity index (χ2n) is 4.10. The van der Waals surface area contributed by atoms with Crippen molar-refractivity contribution >= 4 is 17.6 Å². The molecule has 0 fully saturated rings. The van der Waals surface area contributed by atoms with Crippen LogP contribution in [0.2, 0.25) is 5.02 Å². The lowest BCUT2D eigenvalue weighted by Gasteiger charge is -2.15. The summed E-state index contributed by atoms with van der Waals surface area (Å²) in [5, 5.41) is 9.46. The predicted molar refractivity (Wildman–Crippen MR) is 76.7 cm³/mol. The highest BCUT2D eigenvalue weighted by atomic mass is 35.5. The average molecular weight is 309 g/mol. The van der Waals surface area contributed by atoms with Crippen LogP contribution in [0.4, 0.5) is 0 Å². The minimum atomic E-state index is -1.10. The molecule has 0 spiro atoms. The van der Waals surface area contributed by atoms with E-state index in [1.54, 1.807) is 43.3 Å². The first-order chi connectivity index (χ1) is 10.1. The first-order valence-electron chi connectivity index (χ1n) is 6.15. The number of para-hydroxylation sites is 2. The second-order valence-corrected chi connectivity index (χ2v) is 4.50. The number of aromatic carboxylic acids is 1. The maximum absolute atomic E-state index is 11.0. The number of benzene rings is 2. The summed E-state index contributed by atoms with van der Waals surface area (Å²) < 4.78 is 5.44. The SMILES string of the molecule is CC(OOc1ccccc1C(=O)O)Oc1ccccc1Cl. The Morgan fingerprint density at radius 3 is 2.38 bits per heavy atom. The van der Waals surface area contributed by atoms with Gasteiger partial charge in [0.1, 0.15) is 11.3 Å². The largest absolute Gasteiger partial charge is 0.478 e. The van der Waals surface area contributed by atoms with Crippen LogP contribution in [-0.2, 0) is 4.89 Å². The fourth-order valence-electron chi connectivity index (χ4n) is 1.57. The molecule has 0 aliphatic carbocycles. The second kappa shape index (κ2) is 6.97. The van der Waals surface area contributed by atoms with E-state index < -0.39 is 12.3 Å². The Labute approximate surface area is 126 Å². The summed E-state index contributed by atoms with van der Waals surface area (Å²) in [6.45, 7) is 1.60. The van der Waals surface area contributed by atoms with E-state index in [0.717, 1.165) is 0 Å². The quantitative estimate of drug-likeness (QED) is 0.500. The van der Waals surface area contributed by atoms with Crippen LogP contribution in [0.15, 0.2) is 48.5 Å². The fourth-order valence-corrected chi connectivity index (χ4v) is 1.75. The highest BCUT2D eigenvalue weighted by Crippen LogP contribution is 2.25. The highest BCUT2D eigenvalue weighted by Gasteiger charge is 2.14. The van der Waals surface area contributed by atoms with Crippen LogP contribution in [0.3, 0.4) is 0 Å². The average Bonchev–Trinajstić information content (AvgIpc) is 2.48. The van der Waals surface area contributed by atoms with Crippen LogP contribution in [0.1, 0.15) is 17.3 Å². The molecule has 0 saturated carbocycles. The zero-order valence-electron chi connectivity index (χ0n) is 11.2. The van der Waals surface area contributed by atoms with Crippen molar-refractivity contribution in [2.24, 2.45) is 0 Å². The number of carboxylic acid groups (broad SMARTS) is 1. The van der Waals surface area contributed by atoms with Gasteiger partial charge in [-0.1, -0.05) is 35.9 Å². The van der Waals surface area contributed by atoms with Gasteiger partial charge >= 0.3 is 5.97 Å². The lowest BCUT2D eigenvalue weighted by Crippen LogP contribution is -2.19. The van der Waals surface area contributed by atoms with E-state index in [1.807, 2.05) is 0 Å². The molecule has 0 radical (unpaired) electrons. The molecule has 0 amide bonds. The number of halogens is 1. The normalized spacial score (nSPS) is 11.7. The lowest BCUT2D eigenvalue weighted by molar-refractivity contribution is -0.289. The minimum absolute atomic E-state index is 0.00226. The summed E-state index contributed by atoms with van der Waals surface area (Å²) in [5.74, 6) is -0.560. The summed E-state index contributed by atoms with van der Waals surface area (Å²) in [4.78, 5) is 21.1. The Bertz CT molecular complexity index is 629. The van der Waals surface area contributed by atoms with E-state index in [0.29, 0.717) is 10.8 Å². The smallest absolute Gasteiger partial charge is 0.339 e. The van der Waals surface area contributed by atoms with E-state index >= 15 is 0 Å². The summed E-state index contributed by atoms with van der Waals surface area (Å²) in [6.07, 6.45) is -0.772. The van der Waals surface area contributed by atoms with Gasteiger partial charge in [0.2, 0.25) is 6.29 Å². The van der Waals surface area contributed by atoms with E-state index in [4.69, 9.17) is 31.2 Å². The Morgan fingerprint density at radius 1 is 1.10 bits per heavy atom. The summed E-state index contributed by atoms with van der Waals surface area (Å²) in [6, 6.07) is 13.1. The lowest BCUT2D eigenvalue weighted by atomic mass is 10.2. The molecule has 0 bridgehead atoms. The van der Waals surface area contributed by atoms with Crippen LogP contribution in [0, 0.1) is 0 Å². The van der Waals surface area contributed by atoms with Crippen LogP contribution >= 0.6 is 11.6 Å². The number of carbonyl (C=O) groups is 1. The van der Waals surface area contributed by atoms with E-state index in [1.165, 1.54) is 12.1 Å². The van der Waals surface area contributed by atoms with Crippen molar-refractivity contribution in [3.63, 3.8) is 0 Å². The molecule has 2 aromatic rings. The molecule has 0 aliphatic heterocycles. The summed E-state index contributed by atoms with van der Waals surface area (Å²) in [7, 11) is 0. The van der Waals surface area contributed by atoms with Gasteiger partial charge in [0.25, 0.3) is 0 Å². The molecule has 0 heterocycles. The number of hydrogen-bond acceptors (Lipinski definition) is 4. The zero-order valence-corrected chi connectivity index (χ0v) is 11.9. The highest BCUT2D eigenvalue weighted by molar-refractivity contribution is 6.32. The van der Waals surface area contributed by atoms with Gasteiger partial charge < -0.3 is 14.7 Å². The van der Waals surface area contributed by atoms with Crippen LogP contribution < -0.4 is 9.62 Å². The maximum Gasteiger partial charge on any atom is 0.339 e. The molecular weight excluding hydrogens is 296 g/mol. The molecule has 2 rings (SSSR count). The minimum Gasteiger partial charge on any atom is -0.478 e. The van der Waals surface area contributed by atoms with Crippen molar-refractivity contribution < 1.29 is 24.4 Å². The summed E-state index contributed by atoms with van der Waals surface area (Å²) >= 11 is 5.95. The molecule has 6 heteroatoms. The third kappa shape index (κ3) is 4.11. The first-order valence-corrected chi connectivity index (χ1v) is 6.52. The predicted octanol–water partition coefficient (Wildman–Crippen LogP) is 3.77. The first kappa shape index (κ1) is 15.2. The van der Waals surface area contributed by atoms with E-state index in [2.05, 4.69) is 0 Å². The molecule has 21 heavy (non-hydrogen) atoms. The number of carboxylic acids is 1. The molecule has 5 nitrogen and oxygen atoms in total. The van der Waals surface area contributed by atoms with Crippen molar-refractivity contribution in [2.75, 3.05) is 0 Å².